The van der Waals surface area contributed by atoms with Gasteiger partial charge in [-0.05, 0) is 37.6 Å². The Morgan fingerprint density at radius 3 is 2.76 bits per heavy atom. The van der Waals surface area contributed by atoms with Crippen LogP contribution in [-0.2, 0) is 11.2 Å². The molecule has 1 unspecified atom stereocenters. The van der Waals surface area contributed by atoms with Crippen molar-refractivity contribution in [2.75, 3.05) is 5.32 Å². The molecule has 21 heavy (non-hydrogen) atoms. The summed E-state index contributed by atoms with van der Waals surface area (Å²) in [6.45, 7) is 3.93. The molecule has 0 spiro atoms. The van der Waals surface area contributed by atoms with Gasteiger partial charge < -0.3 is 9.88 Å². The highest BCUT2D eigenvalue weighted by Crippen LogP contribution is 2.15. The third-order valence-corrected chi connectivity index (χ3v) is 3.30. The zero-order valence-electron chi connectivity index (χ0n) is 12.2. The molecule has 0 aliphatic rings. The standard InChI is InChI=1S/C16H18N4O/c1-3-4-15-18-9-10-20(15)12(2)16(21)19-14-7-5-13(11-17)6-8-14/h5-10,12H,3-4H2,1-2H3,(H,19,21). The van der Waals surface area contributed by atoms with E-state index in [4.69, 9.17) is 5.26 Å². The largest absolute Gasteiger partial charge is 0.324 e. The van der Waals surface area contributed by atoms with Gasteiger partial charge in [0.15, 0.2) is 0 Å². The van der Waals surface area contributed by atoms with Crippen molar-refractivity contribution in [2.45, 2.75) is 32.7 Å². The molecule has 0 saturated heterocycles. The summed E-state index contributed by atoms with van der Waals surface area (Å²) in [6.07, 6.45) is 5.38. The van der Waals surface area contributed by atoms with E-state index in [1.807, 2.05) is 23.8 Å². The van der Waals surface area contributed by atoms with Gasteiger partial charge in [0.1, 0.15) is 11.9 Å². The Labute approximate surface area is 124 Å². The third kappa shape index (κ3) is 3.48. The summed E-state index contributed by atoms with van der Waals surface area (Å²) in [4.78, 5) is 16.6. The molecular weight excluding hydrogens is 264 g/mol. The summed E-state index contributed by atoms with van der Waals surface area (Å²) in [7, 11) is 0. The number of anilines is 1. The fraction of sp³-hybridized carbons (Fsp3) is 0.312. The van der Waals surface area contributed by atoms with E-state index in [1.165, 1.54) is 0 Å². The Kier molecular flexibility index (Phi) is 4.72. The number of carbonyl (C=O) groups excluding carboxylic acids is 1. The van der Waals surface area contributed by atoms with Crippen LogP contribution in [0.4, 0.5) is 5.69 Å². The second-order valence-electron chi connectivity index (χ2n) is 4.86. The van der Waals surface area contributed by atoms with Crippen LogP contribution in [-0.4, -0.2) is 15.5 Å². The molecular formula is C16H18N4O. The normalized spacial score (nSPS) is 11.7. The quantitative estimate of drug-likeness (QED) is 0.916. The lowest BCUT2D eigenvalue weighted by Crippen LogP contribution is -2.24. The second-order valence-corrected chi connectivity index (χ2v) is 4.86. The van der Waals surface area contributed by atoms with Gasteiger partial charge in [0.2, 0.25) is 5.91 Å². The van der Waals surface area contributed by atoms with Gasteiger partial charge in [-0.1, -0.05) is 6.92 Å². The van der Waals surface area contributed by atoms with E-state index < -0.39 is 0 Å². The number of hydrogen-bond donors (Lipinski definition) is 1. The summed E-state index contributed by atoms with van der Waals surface area (Å²) >= 11 is 0. The zero-order valence-corrected chi connectivity index (χ0v) is 12.2. The average Bonchev–Trinajstić information content (AvgIpc) is 2.96. The van der Waals surface area contributed by atoms with E-state index in [9.17, 15) is 4.79 Å². The first kappa shape index (κ1) is 14.8. The van der Waals surface area contributed by atoms with Crippen LogP contribution in [0.25, 0.3) is 0 Å². The summed E-state index contributed by atoms with van der Waals surface area (Å²) in [5, 5.41) is 11.6. The molecule has 1 N–H and O–H groups in total. The number of nitrogens with one attached hydrogen (secondary N) is 1. The first-order valence-electron chi connectivity index (χ1n) is 6.98. The van der Waals surface area contributed by atoms with Crippen molar-refractivity contribution >= 4 is 11.6 Å². The molecule has 0 aliphatic heterocycles. The summed E-state index contributed by atoms with van der Waals surface area (Å²) in [5.41, 5.74) is 1.25. The van der Waals surface area contributed by atoms with E-state index in [1.54, 1.807) is 30.5 Å². The number of imidazole rings is 1. The van der Waals surface area contributed by atoms with Crippen LogP contribution >= 0.6 is 0 Å². The fourth-order valence-corrected chi connectivity index (χ4v) is 2.11. The van der Waals surface area contributed by atoms with Crippen LogP contribution in [0.15, 0.2) is 36.7 Å². The highest BCUT2D eigenvalue weighted by Gasteiger charge is 2.17. The molecule has 0 fully saturated rings. The number of nitriles is 1. The first-order chi connectivity index (χ1) is 10.2. The minimum Gasteiger partial charge on any atom is -0.324 e. The highest BCUT2D eigenvalue weighted by atomic mass is 16.2. The van der Waals surface area contributed by atoms with Gasteiger partial charge in [0.05, 0.1) is 11.6 Å². The maximum absolute atomic E-state index is 12.3. The van der Waals surface area contributed by atoms with Gasteiger partial charge in [-0.25, -0.2) is 4.98 Å². The molecule has 0 aliphatic carbocycles. The SMILES string of the molecule is CCCc1nccn1C(C)C(=O)Nc1ccc(C#N)cc1. The number of benzene rings is 1. The second kappa shape index (κ2) is 6.71. The summed E-state index contributed by atoms with van der Waals surface area (Å²) in [6, 6.07) is 8.53. The van der Waals surface area contributed by atoms with Crippen molar-refractivity contribution in [3.63, 3.8) is 0 Å². The monoisotopic (exact) mass is 282 g/mol. The topological polar surface area (TPSA) is 70.7 Å². The van der Waals surface area contributed by atoms with Crippen LogP contribution in [0.2, 0.25) is 0 Å². The predicted octanol–water partition coefficient (Wildman–Crippen LogP) is 2.91. The highest BCUT2D eigenvalue weighted by molar-refractivity contribution is 5.93. The van der Waals surface area contributed by atoms with Crippen molar-refractivity contribution in [2.24, 2.45) is 0 Å². The molecule has 0 bridgehead atoms. The Morgan fingerprint density at radius 2 is 2.14 bits per heavy atom. The van der Waals surface area contributed by atoms with Crippen LogP contribution in [0.3, 0.4) is 0 Å². The minimum atomic E-state index is -0.329. The molecule has 5 heteroatoms. The van der Waals surface area contributed by atoms with Crippen molar-refractivity contribution < 1.29 is 4.79 Å². The number of carbonyl (C=O) groups is 1. The summed E-state index contributed by atoms with van der Waals surface area (Å²) in [5.74, 6) is 0.815. The zero-order chi connectivity index (χ0) is 15.2. The molecule has 1 aromatic heterocycles. The maximum atomic E-state index is 12.3. The van der Waals surface area contributed by atoms with Gasteiger partial charge >= 0.3 is 0 Å². The van der Waals surface area contributed by atoms with E-state index in [0.29, 0.717) is 11.3 Å². The van der Waals surface area contributed by atoms with E-state index in [0.717, 1.165) is 18.7 Å². The van der Waals surface area contributed by atoms with Crippen molar-refractivity contribution in [1.82, 2.24) is 9.55 Å². The van der Waals surface area contributed by atoms with Crippen LogP contribution < -0.4 is 5.32 Å². The van der Waals surface area contributed by atoms with E-state index in [-0.39, 0.29) is 11.9 Å². The van der Waals surface area contributed by atoms with Crippen LogP contribution in [0.5, 0.6) is 0 Å². The number of aromatic nitrogens is 2. The Balaban J connectivity index is 2.08. The van der Waals surface area contributed by atoms with Gasteiger partial charge in [0, 0.05) is 24.5 Å². The average molecular weight is 282 g/mol. The predicted molar refractivity (Wildman–Crippen MR) is 80.7 cm³/mol. The maximum Gasteiger partial charge on any atom is 0.247 e. The Hall–Kier alpha value is -2.61. The lowest BCUT2D eigenvalue weighted by molar-refractivity contribution is -0.118. The van der Waals surface area contributed by atoms with Crippen LogP contribution in [0.1, 0.15) is 37.7 Å². The number of amides is 1. The molecule has 108 valence electrons. The molecule has 1 amide bonds. The van der Waals surface area contributed by atoms with E-state index in [2.05, 4.69) is 17.2 Å². The number of nitrogens with zero attached hydrogens (tertiary/aromatic N) is 3. The molecule has 2 aromatic rings. The molecule has 1 atom stereocenters. The molecule has 0 radical (unpaired) electrons. The molecule has 0 saturated carbocycles. The van der Waals surface area contributed by atoms with Gasteiger partial charge in [-0.3, -0.25) is 4.79 Å². The van der Waals surface area contributed by atoms with Crippen molar-refractivity contribution in [1.29, 1.82) is 5.26 Å². The van der Waals surface area contributed by atoms with Crippen LogP contribution in [0, 0.1) is 11.3 Å². The Morgan fingerprint density at radius 1 is 1.43 bits per heavy atom. The van der Waals surface area contributed by atoms with E-state index >= 15 is 0 Å². The number of rotatable bonds is 5. The fourth-order valence-electron chi connectivity index (χ4n) is 2.11. The number of aryl methyl sites for hydroxylation is 1. The number of hydrogen-bond acceptors (Lipinski definition) is 3. The lowest BCUT2D eigenvalue weighted by Gasteiger charge is -2.16. The molecule has 1 heterocycles. The minimum absolute atomic E-state index is 0.102. The molecule has 2 rings (SSSR count). The smallest absolute Gasteiger partial charge is 0.247 e. The Bertz CT molecular complexity index is 652. The van der Waals surface area contributed by atoms with Crippen molar-refractivity contribution in [3.05, 3.63) is 48.0 Å². The lowest BCUT2D eigenvalue weighted by atomic mass is 10.2. The van der Waals surface area contributed by atoms with Crippen molar-refractivity contribution in [3.8, 4) is 6.07 Å². The third-order valence-electron chi connectivity index (χ3n) is 3.30. The van der Waals surface area contributed by atoms with Gasteiger partial charge in [-0.2, -0.15) is 5.26 Å². The molecule has 5 nitrogen and oxygen atoms in total. The summed E-state index contributed by atoms with van der Waals surface area (Å²) < 4.78 is 1.89. The van der Waals surface area contributed by atoms with Gasteiger partial charge in [0.25, 0.3) is 0 Å². The van der Waals surface area contributed by atoms with Gasteiger partial charge in [-0.15, -0.1) is 0 Å². The first-order valence-corrected chi connectivity index (χ1v) is 6.98. The molecule has 1 aromatic carbocycles.